The third-order valence-electron chi connectivity index (χ3n) is 4.87. The maximum absolute atomic E-state index is 13.4. The average Bonchev–Trinajstić information content (AvgIpc) is 3.10. The maximum Gasteiger partial charge on any atom is 0.408 e. The Labute approximate surface area is 159 Å². The van der Waals surface area contributed by atoms with Gasteiger partial charge in [-0.15, -0.1) is 0 Å². The van der Waals surface area contributed by atoms with Crippen molar-refractivity contribution in [3.63, 3.8) is 0 Å². The molecule has 1 aromatic heterocycles. The summed E-state index contributed by atoms with van der Waals surface area (Å²) in [6, 6.07) is 0. The fourth-order valence-corrected chi connectivity index (χ4v) is 3.66. The Balaban J connectivity index is 1.72. The molecule has 0 bridgehead atoms. The van der Waals surface area contributed by atoms with E-state index in [1.54, 1.807) is 23.5 Å². The van der Waals surface area contributed by atoms with E-state index < -0.39 is 17.2 Å². The van der Waals surface area contributed by atoms with Crippen LogP contribution in [0.1, 0.15) is 58.3 Å². The van der Waals surface area contributed by atoms with Gasteiger partial charge in [0.15, 0.2) is 0 Å². The third-order valence-corrected chi connectivity index (χ3v) is 4.87. The van der Waals surface area contributed by atoms with E-state index >= 15 is 0 Å². The number of hydrogen-bond donors (Lipinski definition) is 1. The molecule has 27 heavy (non-hydrogen) atoms. The number of morpholine rings is 1. The van der Waals surface area contributed by atoms with Gasteiger partial charge in [0.05, 0.1) is 25.0 Å². The van der Waals surface area contributed by atoms with E-state index in [2.05, 4.69) is 15.3 Å². The van der Waals surface area contributed by atoms with Crippen LogP contribution in [0.25, 0.3) is 0 Å². The molecule has 8 nitrogen and oxygen atoms in total. The van der Waals surface area contributed by atoms with E-state index in [0.29, 0.717) is 38.2 Å². The summed E-state index contributed by atoms with van der Waals surface area (Å²) < 4.78 is 11.2. The maximum atomic E-state index is 13.4. The zero-order valence-electron chi connectivity index (χ0n) is 16.2. The summed E-state index contributed by atoms with van der Waals surface area (Å²) in [6.07, 6.45) is 7.07. The predicted octanol–water partition coefficient (Wildman–Crippen LogP) is 2.21. The minimum Gasteiger partial charge on any atom is -0.444 e. The van der Waals surface area contributed by atoms with Crippen LogP contribution in [-0.2, 0) is 14.3 Å². The van der Waals surface area contributed by atoms with Gasteiger partial charge >= 0.3 is 6.09 Å². The van der Waals surface area contributed by atoms with Gasteiger partial charge in [-0.3, -0.25) is 14.8 Å². The smallest absolute Gasteiger partial charge is 0.408 e. The number of nitrogens with zero attached hydrogens (tertiary/aromatic N) is 3. The van der Waals surface area contributed by atoms with Crippen molar-refractivity contribution in [1.29, 1.82) is 0 Å². The van der Waals surface area contributed by atoms with Crippen LogP contribution in [0.4, 0.5) is 4.79 Å². The van der Waals surface area contributed by atoms with Gasteiger partial charge in [-0.1, -0.05) is 12.8 Å². The monoisotopic (exact) mass is 376 g/mol. The first-order chi connectivity index (χ1) is 12.8. The normalized spacial score (nSPS) is 22.3. The van der Waals surface area contributed by atoms with Gasteiger partial charge in [0.2, 0.25) is 5.91 Å². The number of alkyl carbamates (subject to hydrolysis) is 1. The Kier molecular flexibility index (Phi) is 5.64. The van der Waals surface area contributed by atoms with Crippen LogP contribution in [-0.4, -0.2) is 57.7 Å². The topological polar surface area (TPSA) is 93.7 Å². The van der Waals surface area contributed by atoms with Gasteiger partial charge in [0.25, 0.3) is 0 Å². The lowest BCUT2D eigenvalue weighted by Gasteiger charge is -2.39. The molecular weight excluding hydrogens is 348 g/mol. The first-order valence-electron chi connectivity index (χ1n) is 9.47. The molecule has 1 N–H and O–H groups in total. The van der Waals surface area contributed by atoms with Crippen molar-refractivity contribution >= 4 is 12.0 Å². The molecule has 0 radical (unpaired) electrons. The van der Waals surface area contributed by atoms with E-state index in [4.69, 9.17) is 9.47 Å². The molecule has 1 saturated heterocycles. The highest BCUT2D eigenvalue weighted by molar-refractivity contribution is 5.90. The van der Waals surface area contributed by atoms with Crippen LogP contribution in [0.15, 0.2) is 18.6 Å². The van der Waals surface area contributed by atoms with E-state index in [0.717, 1.165) is 12.8 Å². The Hall–Kier alpha value is -2.22. The number of rotatable bonds is 3. The van der Waals surface area contributed by atoms with Crippen molar-refractivity contribution in [3.8, 4) is 0 Å². The van der Waals surface area contributed by atoms with Crippen molar-refractivity contribution in [2.75, 3.05) is 19.7 Å². The van der Waals surface area contributed by atoms with Crippen LogP contribution >= 0.6 is 0 Å². The van der Waals surface area contributed by atoms with Crippen molar-refractivity contribution in [3.05, 3.63) is 24.3 Å². The number of nitrogens with one attached hydrogen (secondary N) is 1. The number of hydrogen-bond acceptors (Lipinski definition) is 6. The average molecular weight is 376 g/mol. The molecule has 2 aliphatic rings. The minimum absolute atomic E-state index is 0.0666. The molecule has 1 aromatic rings. The first-order valence-corrected chi connectivity index (χ1v) is 9.47. The summed E-state index contributed by atoms with van der Waals surface area (Å²) >= 11 is 0. The van der Waals surface area contributed by atoms with E-state index in [1.807, 2.05) is 20.8 Å². The molecular formula is C19H28N4O4. The summed E-state index contributed by atoms with van der Waals surface area (Å²) in [5, 5.41) is 2.88. The molecule has 2 heterocycles. The largest absolute Gasteiger partial charge is 0.444 e. The Morgan fingerprint density at radius 1 is 1.30 bits per heavy atom. The van der Waals surface area contributed by atoms with Crippen LogP contribution in [0.2, 0.25) is 0 Å². The second-order valence-electron chi connectivity index (χ2n) is 8.16. The number of carbonyl (C=O) groups excluding carboxylic acids is 2. The molecule has 1 aliphatic carbocycles. The summed E-state index contributed by atoms with van der Waals surface area (Å²) in [5.41, 5.74) is -0.800. The molecule has 1 unspecified atom stereocenters. The first kappa shape index (κ1) is 19.5. The fraction of sp³-hybridized carbons (Fsp3) is 0.684. The van der Waals surface area contributed by atoms with Gasteiger partial charge in [-0.2, -0.15) is 0 Å². The lowest BCUT2D eigenvalue weighted by Crippen LogP contribution is -2.60. The van der Waals surface area contributed by atoms with Crippen LogP contribution < -0.4 is 5.32 Å². The summed E-state index contributed by atoms with van der Waals surface area (Å²) in [6.45, 7) is 6.74. The highest BCUT2D eigenvalue weighted by atomic mass is 16.6. The summed E-state index contributed by atoms with van der Waals surface area (Å²) in [5.74, 6) is -0.0666. The van der Waals surface area contributed by atoms with Gasteiger partial charge < -0.3 is 19.7 Å². The zero-order valence-corrected chi connectivity index (χ0v) is 16.2. The Morgan fingerprint density at radius 3 is 2.67 bits per heavy atom. The summed E-state index contributed by atoms with van der Waals surface area (Å²) in [4.78, 5) is 35.8. The van der Waals surface area contributed by atoms with Crippen molar-refractivity contribution in [2.24, 2.45) is 0 Å². The van der Waals surface area contributed by atoms with Gasteiger partial charge in [0.1, 0.15) is 17.2 Å². The number of aromatic nitrogens is 2. The highest BCUT2D eigenvalue weighted by Crippen LogP contribution is 2.33. The minimum atomic E-state index is -0.896. The molecule has 2 amide bonds. The SMILES string of the molecule is CC(C)(C)OC(=O)NC1(C(=O)N2CCOC(c3cnccn3)C2)CCCC1. The van der Waals surface area contributed by atoms with E-state index in [-0.39, 0.29) is 12.0 Å². The number of ether oxygens (including phenoxy) is 2. The number of amides is 2. The third kappa shape index (κ3) is 4.74. The van der Waals surface area contributed by atoms with Gasteiger partial charge in [-0.05, 0) is 33.6 Å². The Morgan fingerprint density at radius 2 is 2.04 bits per heavy atom. The molecule has 1 saturated carbocycles. The van der Waals surface area contributed by atoms with Gasteiger partial charge in [0, 0.05) is 18.9 Å². The van der Waals surface area contributed by atoms with Crippen molar-refractivity contribution < 1.29 is 19.1 Å². The lowest BCUT2D eigenvalue weighted by atomic mass is 9.95. The quantitative estimate of drug-likeness (QED) is 0.869. The Bertz CT molecular complexity index is 668. The summed E-state index contributed by atoms with van der Waals surface area (Å²) in [7, 11) is 0. The lowest BCUT2D eigenvalue weighted by molar-refractivity contribution is -0.146. The molecule has 8 heteroatoms. The molecule has 148 valence electrons. The van der Waals surface area contributed by atoms with Gasteiger partial charge in [-0.25, -0.2) is 4.79 Å². The van der Waals surface area contributed by atoms with Crippen LogP contribution in [0.3, 0.4) is 0 Å². The van der Waals surface area contributed by atoms with E-state index in [1.165, 1.54) is 0 Å². The second-order valence-corrected chi connectivity index (χ2v) is 8.16. The number of carbonyl (C=O) groups is 2. The molecule has 1 atom stereocenters. The molecule has 2 fully saturated rings. The molecule has 1 aliphatic heterocycles. The molecule has 3 rings (SSSR count). The van der Waals surface area contributed by atoms with Crippen LogP contribution in [0.5, 0.6) is 0 Å². The fourth-order valence-electron chi connectivity index (χ4n) is 3.66. The molecule has 0 spiro atoms. The van der Waals surface area contributed by atoms with E-state index in [9.17, 15) is 9.59 Å². The predicted molar refractivity (Wildman–Crippen MR) is 97.9 cm³/mol. The standard InChI is InChI=1S/C19H28N4O4/c1-18(2,3)27-17(25)22-19(6-4-5-7-19)16(24)23-10-11-26-15(13-23)14-12-20-8-9-21-14/h8-9,12,15H,4-7,10-11,13H2,1-3H3,(H,22,25). The van der Waals surface area contributed by atoms with Crippen molar-refractivity contribution in [1.82, 2.24) is 20.2 Å². The van der Waals surface area contributed by atoms with Crippen LogP contribution in [0, 0.1) is 0 Å². The highest BCUT2D eigenvalue weighted by Gasteiger charge is 2.46. The van der Waals surface area contributed by atoms with Crippen molar-refractivity contribution in [2.45, 2.75) is 63.7 Å². The molecule has 0 aromatic carbocycles. The second kappa shape index (κ2) is 7.80. The zero-order chi connectivity index (χ0) is 19.5.